The lowest BCUT2D eigenvalue weighted by Crippen LogP contribution is -2.42. The predicted octanol–water partition coefficient (Wildman–Crippen LogP) is 4.05. The first-order valence-corrected chi connectivity index (χ1v) is 11.1. The van der Waals surface area contributed by atoms with E-state index in [1.54, 1.807) is 7.05 Å². The maximum atomic E-state index is 5.82. The maximum Gasteiger partial charge on any atom is 0.191 e. The summed E-state index contributed by atoms with van der Waals surface area (Å²) in [6.07, 6.45) is 0.907. The second kappa shape index (κ2) is 11.5. The molecule has 0 saturated heterocycles. The van der Waals surface area contributed by atoms with Gasteiger partial charge in [0.05, 0.1) is 18.9 Å². The Morgan fingerprint density at radius 3 is 2.22 bits per heavy atom. The lowest BCUT2D eigenvalue weighted by Gasteiger charge is -2.18. The van der Waals surface area contributed by atoms with Crippen LogP contribution >= 0.6 is 0 Å². The largest absolute Gasteiger partial charge is 0.372 e. The van der Waals surface area contributed by atoms with Gasteiger partial charge in [0, 0.05) is 32.4 Å². The van der Waals surface area contributed by atoms with Crippen LogP contribution in [0.3, 0.4) is 0 Å². The Morgan fingerprint density at radius 1 is 1.00 bits per heavy atom. The minimum absolute atomic E-state index is 0.243. The fourth-order valence-corrected chi connectivity index (χ4v) is 3.70. The van der Waals surface area contributed by atoms with Crippen molar-refractivity contribution in [1.29, 1.82) is 0 Å². The van der Waals surface area contributed by atoms with Crippen molar-refractivity contribution in [3.8, 4) is 0 Å². The molecule has 0 spiro atoms. The van der Waals surface area contributed by atoms with E-state index < -0.39 is 0 Å². The average molecular weight is 434 g/mol. The molecule has 6 nitrogen and oxygen atoms in total. The molecule has 2 N–H and O–H groups in total. The Labute approximate surface area is 191 Å². The van der Waals surface area contributed by atoms with Gasteiger partial charge in [0.15, 0.2) is 5.96 Å². The van der Waals surface area contributed by atoms with Gasteiger partial charge in [-0.15, -0.1) is 0 Å². The molecule has 3 rings (SSSR count). The summed E-state index contributed by atoms with van der Waals surface area (Å²) < 4.78 is 7.77. The van der Waals surface area contributed by atoms with Gasteiger partial charge in [-0.1, -0.05) is 54.6 Å². The molecule has 1 unspecified atom stereocenters. The fourth-order valence-electron chi connectivity index (χ4n) is 3.70. The van der Waals surface area contributed by atoms with Crippen LogP contribution in [0.15, 0.2) is 59.6 Å². The van der Waals surface area contributed by atoms with E-state index in [9.17, 15) is 0 Å². The van der Waals surface area contributed by atoms with Crippen molar-refractivity contribution < 1.29 is 4.74 Å². The van der Waals surface area contributed by atoms with Gasteiger partial charge in [-0.25, -0.2) is 0 Å². The molecule has 0 amide bonds. The van der Waals surface area contributed by atoms with Crippen molar-refractivity contribution >= 4 is 5.96 Å². The number of hydrogen-bond acceptors (Lipinski definition) is 3. The maximum absolute atomic E-state index is 5.82. The van der Waals surface area contributed by atoms with Crippen LogP contribution in [0.5, 0.6) is 0 Å². The monoisotopic (exact) mass is 433 g/mol. The average Bonchev–Trinajstić information content (AvgIpc) is 3.04. The summed E-state index contributed by atoms with van der Waals surface area (Å²) in [7, 11) is 3.79. The topological polar surface area (TPSA) is 63.5 Å². The van der Waals surface area contributed by atoms with Gasteiger partial charge in [-0.3, -0.25) is 9.67 Å². The van der Waals surface area contributed by atoms with E-state index in [2.05, 4.69) is 77.9 Å². The Kier molecular flexibility index (Phi) is 8.45. The number of aliphatic imine (C=N–C) groups is 1. The second-order valence-electron chi connectivity index (χ2n) is 8.24. The summed E-state index contributed by atoms with van der Waals surface area (Å²) in [6.45, 7) is 8.30. The van der Waals surface area contributed by atoms with Crippen LogP contribution in [-0.2, 0) is 38.0 Å². The van der Waals surface area contributed by atoms with E-state index in [0.29, 0.717) is 19.8 Å². The number of aromatic nitrogens is 2. The molecule has 3 aromatic rings. The van der Waals surface area contributed by atoms with Crippen LogP contribution in [0.4, 0.5) is 0 Å². The van der Waals surface area contributed by atoms with Gasteiger partial charge in [0.1, 0.15) is 0 Å². The molecule has 1 atom stereocenters. The number of rotatable bonds is 9. The Morgan fingerprint density at radius 2 is 1.62 bits per heavy atom. The summed E-state index contributed by atoms with van der Waals surface area (Å²) in [5.41, 5.74) is 7.17. The highest BCUT2D eigenvalue weighted by molar-refractivity contribution is 5.79. The van der Waals surface area contributed by atoms with Crippen molar-refractivity contribution in [3.05, 3.63) is 88.2 Å². The lowest BCUT2D eigenvalue weighted by atomic mass is 10.1. The molecule has 0 aliphatic rings. The van der Waals surface area contributed by atoms with E-state index in [1.165, 1.54) is 27.9 Å². The molecular formula is C26H35N5O. The first kappa shape index (κ1) is 23.5. The first-order valence-electron chi connectivity index (χ1n) is 11.1. The molecule has 1 heterocycles. The second-order valence-corrected chi connectivity index (χ2v) is 8.24. The Bertz CT molecular complexity index is 1010. The third-order valence-electron chi connectivity index (χ3n) is 5.64. The standard InChI is InChI=1S/C26H35N5O/c1-19(15-25-20(2)30-31(5)21(25)3)29-26(27-4)28-16-22-11-13-24(14-12-22)18-32-17-23-9-7-6-8-10-23/h6-14,19H,15-18H2,1-5H3,(H2,27,28,29). The van der Waals surface area contributed by atoms with Gasteiger partial charge >= 0.3 is 0 Å². The number of ether oxygens (including phenoxy) is 1. The van der Waals surface area contributed by atoms with Crippen LogP contribution in [0, 0.1) is 13.8 Å². The van der Waals surface area contributed by atoms with Gasteiger partial charge < -0.3 is 15.4 Å². The first-order chi connectivity index (χ1) is 15.5. The van der Waals surface area contributed by atoms with Crippen LogP contribution in [0.2, 0.25) is 0 Å². The van der Waals surface area contributed by atoms with Gasteiger partial charge in [0.25, 0.3) is 0 Å². The van der Waals surface area contributed by atoms with Crippen LogP contribution in [0.25, 0.3) is 0 Å². The summed E-state index contributed by atoms with van der Waals surface area (Å²) in [5, 5.41) is 11.4. The minimum Gasteiger partial charge on any atom is -0.372 e. The molecule has 0 bridgehead atoms. The molecule has 0 saturated carbocycles. The van der Waals surface area contributed by atoms with Crippen molar-refractivity contribution in [1.82, 2.24) is 20.4 Å². The van der Waals surface area contributed by atoms with Gasteiger partial charge in [-0.05, 0) is 49.4 Å². The van der Waals surface area contributed by atoms with E-state index >= 15 is 0 Å². The third kappa shape index (κ3) is 6.69. The number of benzene rings is 2. The zero-order valence-corrected chi connectivity index (χ0v) is 19.9. The number of guanidine groups is 1. The number of nitrogens with zero attached hydrogens (tertiary/aromatic N) is 3. The van der Waals surface area contributed by atoms with Crippen molar-refractivity contribution in [2.24, 2.45) is 12.0 Å². The van der Waals surface area contributed by atoms with Gasteiger partial charge in [-0.2, -0.15) is 5.10 Å². The molecular weight excluding hydrogens is 398 g/mol. The number of aryl methyl sites for hydroxylation is 2. The quantitative estimate of drug-likeness (QED) is 0.395. The van der Waals surface area contributed by atoms with Crippen LogP contribution in [0.1, 0.15) is 40.6 Å². The molecule has 2 aromatic carbocycles. The number of nitrogens with one attached hydrogen (secondary N) is 2. The van der Waals surface area contributed by atoms with E-state index in [4.69, 9.17) is 4.74 Å². The summed E-state index contributed by atoms with van der Waals surface area (Å²) in [6, 6.07) is 19.0. The molecule has 6 heteroatoms. The van der Waals surface area contributed by atoms with E-state index in [0.717, 1.165) is 18.1 Å². The molecule has 32 heavy (non-hydrogen) atoms. The molecule has 0 aliphatic heterocycles. The highest BCUT2D eigenvalue weighted by Crippen LogP contribution is 2.14. The zero-order chi connectivity index (χ0) is 22.9. The zero-order valence-electron chi connectivity index (χ0n) is 19.9. The Hall–Kier alpha value is -3.12. The predicted molar refractivity (Wildman–Crippen MR) is 131 cm³/mol. The van der Waals surface area contributed by atoms with Crippen LogP contribution in [-0.4, -0.2) is 28.8 Å². The SMILES string of the molecule is CN=C(NCc1ccc(COCc2ccccc2)cc1)NC(C)Cc1c(C)nn(C)c1C. The fraction of sp³-hybridized carbons (Fsp3) is 0.385. The highest BCUT2D eigenvalue weighted by Gasteiger charge is 2.14. The summed E-state index contributed by atoms with van der Waals surface area (Å²) >= 11 is 0. The van der Waals surface area contributed by atoms with Gasteiger partial charge in [0.2, 0.25) is 0 Å². The smallest absolute Gasteiger partial charge is 0.191 e. The van der Waals surface area contributed by atoms with Crippen LogP contribution < -0.4 is 10.6 Å². The summed E-state index contributed by atoms with van der Waals surface area (Å²) in [4.78, 5) is 4.38. The Balaban J connectivity index is 1.44. The van der Waals surface area contributed by atoms with E-state index in [-0.39, 0.29) is 6.04 Å². The molecule has 0 radical (unpaired) electrons. The normalized spacial score (nSPS) is 12.6. The van der Waals surface area contributed by atoms with Crippen molar-refractivity contribution in [2.75, 3.05) is 7.05 Å². The summed E-state index contributed by atoms with van der Waals surface area (Å²) in [5.74, 6) is 0.798. The van der Waals surface area contributed by atoms with Crippen molar-refractivity contribution in [2.45, 2.75) is 53.0 Å². The molecule has 1 aromatic heterocycles. The third-order valence-corrected chi connectivity index (χ3v) is 5.64. The van der Waals surface area contributed by atoms with E-state index in [1.807, 2.05) is 29.9 Å². The molecule has 0 aliphatic carbocycles. The molecule has 170 valence electrons. The minimum atomic E-state index is 0.243. The van der Waals surface area contributed by atoms with Crippen molar-refractivity contribution in [3.63, 3.8) is 0 Å². The highest BCUT2D eigenvalue weighted by atomic mass is 16.5. The lowest BCUT2D eigenvalue weighted by molar-refractivity contribution is 0.107. The number of hydrogen-bond donors (Lipinski definition) is 2. The molecule has 0 fully saturated rings.